The van der Waals surface area contributed by atoms with Gasteiger partial charge in [0.05, 0.1) is 0 Å². The lowest BCUT2D eigenvalue weighted by Gasteiger charge is -2.13. The quantitative estimate of drug-likeness (QED) is 0.142. The number of hydrogen-bond donors (Lipinski definition) is 0. The van der Waals surface area contributed by atoms with Crippen LogP contribution < -0.4 is 0 Å². The van der Waals surface area contributed by atoms with Gasteiger partial charge in [0.1, 0.15) is 0 Å². The van der Waals surface area contributed by atoms with E-state index in [0.29, 0.717) is 0 Å². The lowest BCUT2D eigenvalue weighted by Crippen LogP contribution is -1.95. The highest BCUT2D eigenvalue weighted by Gasteiger charge is 2.28. The maximum atomic E-state index is 2.48. The van der Waals surface area contributed by atoms with Gasteiger partial charge in [0.2, 0.25) is 0 Å². The molecule has 0 aliphatic heterocycles. The van der Waals surface area contributed by atoms with E-state index >= 15 is 0 Å². The summed E-state index contributed by atoms with van der Waals surface area (Å²) < 4.78 is 0. The molecular weight excluding hydrogens is 1540 g/mol. The Morgan fingerprint density at radius 1 is 0.109 bits per heavy atom. The van der Waals surface area contributed by atoms with Gasteiger partial charge in [-0.2, -0.15) is 0 Å². The molecule has 0 saturated heterocycles. The van der Waals surface area contributed by atoms with E-state index in [1.54, 1.807) is 155 Å². The maximum absolute atomic E-state index is 2.48. The summed E-state index contributed by atoms with van der Waals surface area (Å²) in [4.78, 5) is 0. The van der Waals surface area contributed by atoms with Crippen LogP contribution in [0.15, 0.2) is 97.1 Å². The first-order valence-electron chi connectivity index (χ1n) is 51.3. The summed E-state index contributed by atoms with van der Waals surface area (Å²) in [7, 11) is 0. The number of fused-ring (bicyclic) bond motifs is 23. The van der Waals surface area contributed by atoms with E-state index in [2.05, 4.69) is 97.1 Å². The molecule has 0 bridgehead atoms. The molecule has 0 fully saturated rings. The molecule has 8 aromatic rings. The highest BCUT2D eigenvalue weighted by atomic mass is 14.3. The first-order valence-corrected chi connectivity index (χ1v) is 51.3. The molecule has 128 heavy (non-hydrogen) atoms. The minimum Gasteiger partial charge on any atom is -0.0776 e. The third-order valence-corrected chi connectivity index (χ3v) is 22.2. The number of benzene rings is 8. The van der Waals surface area contributed by atoms with E-state index in [-0.39, 0.29) is 89.1 Å². The third-order valence-electron chi connectivity index (χ3n) is 22.2. The summed E-state index contributed by atoms with van der Waals surface area (Å²) in [6.07, 6.45) is 48.7. The van der Waals surface area contributed by atoms with Gasteiger partial charge in [-0.05, 0) is 386 Å². The van der Waals surface area contributed by atoms with Gasteiger partial charge in [-0.15, -0.1) is 0 Å². The van der Waals surface area contributed by atoms with Crippen molar-refractivity contribution in [3.8, 4) is 0 Å². The average molecular weight is 1780 g/mol. The molecule has 0 aromatic heterocycles. The summed E-state index contributed by atoms with van der Waals surface area (Å²) >= 11 is 0. The molecular formula is C128H244. The van der Waals surface area contributed by atoms with Crippen LogP contribution in [0.4, 0.5) is 0 Å². The van der Waals surface area contributed by atoms with Crippen LogP contribution in [0.3, 0.4) is 0 Å². The second kappa shape index (κ2) is 103. The molecule has 0 nitrogen and oxygen atoms in total. The molecule has 12 aliphatic carbocycles. The molecule has 0 spiro atoms. The van der Waals surface area contributed by atoms with Crippen LogP contribution in [-0.2, 0) is 154 Å². The molecule has 12 aliphatic rings. The van der Waals surface area contributed by atoms with Crippen molar-refractivity contribution < 1.29 is 0 Å². The van der Waals surface area contributed by atoms with Crippen LogP contribution in [0.25, 0.3) is 21.5 Å². The second-order valence-corrected chi connectivity index (χ2v) is 26.6. The van der Waals surface area contributed by atoms with Gasteiger partial charge in [-0.25, -0.2) is 0 Å². The average Bonchev–Trinajstić information content (AvgIpc) is 1.58. The standard InChI is InChI=1S/2C16H16.4C12H14.18C2H6.12CH4/c2*1-2-6-12-11(5-1)13-7-3-9-15(13)16-10-4-8-14(12)16;3*1-3-9-7-8-10-4-2-6-12(10)11(9)5-1;1-3-9-7-11-5-2-6-12(11)8-10(9)4-1;18*1-2;;;;;;;;;;;;/h2*1-2,5-6H,3-4,7-10H2;4*7-8H,1-6H2;18*1-2H3;12*1H4. The Morgan fingerprint density at radius 2 is 0.211 bits per heavy atom. The fraction of sp³-hybridized carbons (Fsp3) is 0.656. The van der Waals surface area contributed by atoms with E-state index in [1.807, 2.05) is 249 Å². The Kier molecular flexibility index (Phi) is 129. The SMILES string of the molecule is C.C.C.C.C.C.C.C.C.C.C.C.CC.CC.CC.CC.CC.CC.CC.CC.CC.CC.CC.CC.CC.CC.CC.CC.CC.CC.c1c2c(cc3c1CCC3)CCC2.c1cc2c(c3c1CCC3)CCC2.c1cc2c(c3c1CCC3)CCC2.c1cc2c(c3c1CCC3)CCC2.c1ccc2c3c(c4c(c2c1)CCC4)CCC3.c1ccc2c3c(c4c(c2c1)CCC4)CCC3. The van der Waals surface area contributed by atoms with Gasteiger partial charge < -0.3 is 0 Å². The molecule has 0 atom stereocenters. The predicted molar refractivity (Wildman–Crippen MR) is 623 cm³/mol. The smallest absolute Gasteiger partial charge is 0.0146 e. The van der Waals surface area contributed by atoms with Gasteiger partial charge >= 0.3 is 0 Å². The topological polar surface area (TPSA) is 0 Å². The van der Waals surface area contributed by atoms with Crippen LogP contribution in [0.5, 0.6) is 0 Å². The van der Waals surface area contributed by atoms with Crippen LogP contribution >= 0.6 is 0 Å². The van der Waals surface area contributed by atoms with Crippen molar-refractivity contribution in [2.45, 2.75) is 570 Å². The molecule has 0 saturated carbocycles. The van der Waals surface area contributed by atoms with E-state index in [0.717, 1.165) is 0 Å². The first-order chi connectivity index (χ1) is 57.7. The Balaban J connectivity index is -0.0000000772. The molecule has 0 radical (unpaired) electrons. The molecule has 20 rings (SSSR count). The Hall–Kier alpha value is -5.72. The number of rotatable bonds is 0. The van der Waals surface area contributed by atoms with Gasteiger partial charge in [-0.1, -0.05) is 435 Å². The van der Waals surface area contributed by atoms with E-state index in [9.17, 15) is 0 Å². The van der Waals surface area contributed by atoms with Crippen molar-refractivity contribution in [1.82, 2.24) is 0 Å². The minimum atomic E-state index is 0. The zero-order valence-corrected chi connectivity index (χ0v) is 84.7. The van der Waals surface area contributed by atoms with Crippen LogP contribution in [0.2, 0.25) is 0 Å². The predicted octanol–water partition coefficient (Wildman–Crippen LogP) is 44.4. The molecule has 756 valence electrons. The van der Waals surface area contributed by atoms with Gasteiger partial charge in [0.15, 0.2) is 0 Å². The van der Waals surface area contributed by atoms with Crippen LogP contribution in [-0.4, -0.2) is 0 Å². The van der Waals surface area contributed by atoms with Crippen molar-refractivity contribution in [3.63, 3.8) is 0 Å². The Bertz CT molecular complexity index is 3150. The third kappa shape index (κ3) is 44.9. The molecule has 0 amide bonds. The Labute approximate surface area is 816 Å². The van der Waals surface area contributed by atoms with Gasteiger partial charge in [0, 0.05) is 0 Å². The summed E-state index contributed by atoms with van der Waals surface area (Å²) in [6, 6.07) is 37.3. The van der Waals surface area contributed by atoms with Gasteiger partial charge in [0.25, 0.3) is 0 Å². The molecule has 0 heterocycles. The van der Waals surface area contributed by atoms with E-state index < -0.39 is 0 Å². The highest BCUT2D eigenvalue weighted by molar-refractivity contribution is 5.93. The fourth-order valence-electron chi connectivity index (χ4n) is 18.6. The minimum absolute atomic E-state index is 0. The Morgan fingerprint density at radius 3 is 0.352 bits per heavy atom. The lowest BCUT2D eigenvalue weighted by molar-refractivity contribution is 0.888. The molecule has 0 unspecified atom stereocenters. The van der Waals surface area contributed by atoms with Crippen molar-refractivity contribution >= 4 is 21.5 Å². The molecule has 0 heteroatoms. The second-order valence-electron chi connectivity index (χ2n) is 26.6. The first kappa shape index (κ1) is 159. The fourth-order valence-corrected chi connectivity index (χ4v) is 18.6. The molecule has 8 aromatic carbocycles. The summed E-state index contributed by atoms with van der Waals surface area (Å²) in [5.74, 6) is 0. The highest BCUT2D eigenvalue weighted by Crippen LogP contribution is 2.43. The van der Waals surface area contributed by atoms with Gasteiger partial charge in [-0.3, -0.25) is 0 Å². The van der Waals surface area contributed by atoms with Crippen LogP contribution in [0.1, 0.15) is 549 Å². The van der Waals surface area contributed by atoms with E-state index in [4.69, 9.17) is 0 Å². The number of aryl methyl sites for hydroxylation is 14. The largest absolute Gasteiger partial charge is 0.0776 e. The zero-order valence-electron chi connectivity index (χ0n) is 84.7. The van der Waals surface area contributed by atoms with Crippen molar-refractivity contribution in [1.29, 1.82) is 0 Å². The summed E-state index contributed by atoms with van der Waals surface area (Å²) in [5.41, 5.74) is 40.5. The maximum Gasteiger partial charge on any atom is -0.0146 e. The monoisotopic (exact) mass is 1780 g/mol. The summed E-state index contributed by atoms with van der Waals surface area (Å²) in [6.45, 7) is 72.0. The van der Waals surface area contributed by atoms with Crippen molar-refractivity contribution in [3.05, 3.63) is 231 Å². The van der Waals surface area contributed by atoms with Crippen molar-refractivity contribution in [2.75, 3.05) is 0 Å². The molecule has 0 N–H and O–H groups in total. The lowest BCUT2D eigenvalue weighted by atomic mass is 9.92. The van der Waals surface area contributed by atoms with Crippen LogP contribution in [0, 0.1) is 0 Å². The van der Waals surface area contributed by atoms with E-state index in [1.165, 1.54) is 231 Å². The van der Waals surface area contributed by atoms with Crippen molar-refractivity contribution in [2.24, 2.45) is 0 Å². The number of hydrogen-bond acceptors (Lipinski definition) is 0. The summed E-state index contributed by atoms with van der Waals surface area (Å²) in [5, 5.41) is 6.21. The zero-order chi connectivity index (χ0) is 88.9. The normalized spacial score (nSPS) is 12.5.